The van der Waals surface area contributed by atoms with Crippen LogP contribution >= 0.6 is 0 Å². The van der Waals surface area contributed by atoms with E-state index in [0.29, 0.717) is 11.6 Å². The molecular formula is C17H20FNO. The van der Waals surface area contributed by atoms with Crippen molar-refractivity contribution < 1.29 is 9.18 Å². The Morgan fingerprint density at radius 3 is 2.55 bits per heavy atom. The fraction of sp³-hybridized carbons (Fsp3) is 0.471. The average Bonchev–Trinajstić information content (AvgIpc) is 2.93. The summed E-state index contributed by atoms with van der Waals surface area (Å²) in [5.41, 5.74) is 1.31. The van der Waals surface area contributed by atoms with E-state index in [1.807, 2.05) is 0 Å². The number of hydrogen-bond acceptors (Lipinski definition) is 1. The van der Waals surface area contributed by atoms with Crippen molar-refractivity contribution >= 4 is 11.6 Å². The van der Waals surface area contributed by atoms with Crippen LogP contribution in [0.25, 0.3) is 0 Å². The van der Waals surface area contributed by atoms with Crippen molar-refractivity contribution in [3.8, 4) is 0 Å². The highest BCUT2D eigenvalue weighted by molar-refractivity contribution is 5.98. The number of amides is 1. The number of nitrogens with one attached hydrogen (secondary N) is 1. The van der Waals surface area contributed by atoms with Gasteiger partial charge in [-0.05, 0) is 54.9 Å². The van der Waals surface area contributed by atoms with Gasteiger partial charge in [0, 0.05) is 5.69 Å². The summed E-state index contributed by atoms with van der Waals surface area (Å²) in [4.78, 5) is 12.7. The molecular weight excluding hydrogens is 253 g/mol. The third-order valence-electron chi connectivity index (χ3n) is 5.43. The van der Waals surface area contributed by atoms with E-state index in [1.165, 1.54) is 12.1 Å². The monoisotopic (exact) mass is 273 g/mol. The maximum atomic E-state index is 12.9. The molecule has 0 radical (unpaired) electrons. The molecule has 20 heavy (non-hydrogen) atoms. The number of hydrogen-bond donors (Lipinski definition) is 1. The van der Waals surface area contributed by atoms with Gasteiger partial charge in [-0.3, -0.25) is 4.79 Å². The number of fused-ring (bicyclic) bond motifs is 2. The number of anilines is 1. The molecule has 0 unspecified atom stereocenters. The molecule has 0 spiro atoms. The highest BCUT2D eigenvalue weighted by Crippen LogP contribution is 2.65. The summed E-state index contributed by atoms with van der Waals surface area (Å²) in [6.07, 6.45) is 2.86. The molecule has 2 atom stereocenters. The zero-order valence-corrected chi connectivity index (χ0v) is 12.0. The van der Waals surface area contributed by atoms with E-state index in [2.05, 4.69) is 25.7 Å². The minimum atomic E-state index is -0.428. The third kappa shape index (κ3) is 1.72. The number of benzene rings is 1. The lowest BCUT2D eigenvalue weighted by Gasteiger charge is -2.37. The van der Waals surface area contributed by atoms with Crippen LogP contribution in [0.3, 0.4) is 0 Å². The zero-order chi connectivity index (χ0) is 14.5. The number of carbonyl (C=O) groups excluding carboxylic acids is 1. The van der Waals surface area contributed by atoms with Crippen LogP contribution in [0.4, 0.5) is 10.1 Å². The van der Waals surface area contributed by atoms with Crippen LogP contribution in [0.1, 0.15) is 33.1 Å². The van der Waals surface area contributed by atoms with Gasteiger partial charge in [-0.15, -0.1) is 0 Å². The van der Waals surface area contributed by atoms with E-state index in [9.17, 15) is 9.18 Å². The molecule has 1 N–H and O–H groups in total. The number of carbonyl (C=O) groups is 1. The quantitative estimate of drug-likeness (QED) is 0.806. The molecule has 2 nitrogen and oxygen atoms in total. The predicted molar refractivity (Wildman–Crippen MR) is 77.7 cm³/mol. The van der Waals surface area contributed by atoms with Crippen LogP contribution in [0.2, 0.25) is 0 Å². The Bertz CT molecular complexity index is 575. The lowest BCUT2D eigenvalue weighted by Crippen LogP contribution is -2.37. The van der Waals surface area contributed by atoms with Gasteiger partial charge in [-0.25, -0.2) is 4.39 Å². The first-order valence-electron chi connectivity index (χ1n) is 7.13. The van der Waals surface area contributed by atoms with Gasteiger partial charge in [0.1, 0.15) is 5.82 Å². The van der Waals surface area contributed by atoms with Crippen LogP contribution in [-0.4, -0.2) is 5.91 Å². The third-order valence-corrected chi connectivity index (χ3v) is 5.43. The molecule has 1 aromatic rings. The second kappa shape index (κ2) is 4.18. The lowest BCUT2D eigenvalue weighted by atomic mass is 9.68. The molecule has 3 heteroatoms. The van der Waals surface area contributed by atoms with Crippen LogP contribution in [0.15, 0.2) is 36.4 Å². The first kappa shape index (κ1) is 13.3. The molecule has 2 aliphatic carbocycles. The van der Waals surface area contributed by atoms with E-state index in [-0.39, 0.29) is 17.1 Å². The van der Waals surface area contributed by atoms with Crippen LogP contribution in [0.5, 0.6) is 0 Å². The summed E-state index contributed by atoms with van der Waals surface area (Å²) >= 11 is 0. The van der Waals surface area contributed by atoms with Crippen LogP contribution in [0, 0.1) is 22.6 Å². The van der Waals surface area contributed by atoms with Gasteiger partial charge in [0.05, 0.1) is 5.41 Å². The molecule has 2 bridgehead atoms. The van der Waals surface area contributed by atoms with Crippen molar-refractivity contribution in [2.45, 2.75) is 33.1 Å². The standard InChI is InChI=1S/C17H20FNO/c1-11-16(2,3)12-8-9-17(11,10-12)15(20)19-14-6-4-13(18)5-7-14/h4-7,12H,1,8-10H2,2-3H3,(H,19,20)/t12-,17+/m0/s1. The van der Waals surface area contributed by atoms with E-state index in [1.54, 1.807) is 12.1 Å². The zero-order valence-electron chi connectivity index (χ0n) is 12.0. The maximum absolute atomic E-state index is 12.9. The van der Waals surface area contributed by atoms with E-state index >= 15 is 0 Å². The van der Waals surface area contributed by atoms with Gasteiger partial charge in [0.15, 0.2) is 0 Å². The molecule has 0 aliphatic heterocycles. The fourth-order valence-electron chi connectivity index (χ4n) is 3.93. The SMILES string of the molecule is C=C1C(C)(C)[C@H]2CC[C@@]1(C(=O)Nc1ccc(F)cc1)C2. The molecule has 2 fully saturated rings. The molecule has 1 amide bonds. The summed E-state index contributed by atoms with van der Waals surface area (Å²) in [6.45, 7) is 8.59. The van der Waals surface area contributed by atoms with Gasteiger partial charge in [0.2, 0.25) is 5.91 Å². The van der Waals surface area contributed by atoms with Gasteiger partial charge in [-0.1, -0.05) is 26.0 Å². The van der Waals surface area contributed by atoms with Gasteiger partial charge in [0.25, 0.3) is 0 Å². The smallest absolute Gasteiger partial charge is 0.234 e. The van der Waals surface area contributed by atoms with Crippen molar-refractivity contribution in [1.29, 1.82) is 0 Å². The topological polar surface area (TPSA) is 29.1 Å². The second-order valence-electron chi connectivity index (χ2n) is 6.68. The molecule has 3 rings (SSSR count). The molecule has 0 saturated heterocycles. The first-order valence-corrected chi connectivity index (χ1v) is 7.13. The lowest BCUT2D eigenvalue weighted by molar-refractivity contribution is -0.123. The summed E-state index contributed by atoms with van der Waals surface area (Å²) < 4.78 is 12.9. The predicted octanol–water partition coefficient (Wildman–Crippen LogP) is 4.15. The largest absolute Gasteiger partial charge is 0.325 e. The molecule has 0 aromatic heterocycles. The summed E-state index contributed by atoms with van der Waals surface area (Å²) in [6, 6.07) is 5.91. The summed E-state index contributed by atoms with van der Waals surface area (Å²) in [5.74, 6) is 0.268. The molecule has 0 heterocycles. The Kier molecular flexibility index (Phi) is 2.79. The summed E-state index contributed by atoms with van der Waals surface area (Å²) in [5, 5.41) is 2.93. The van der Waals surface area contributed by atoms with Crippen molar-refractivity contribution in [2.75, 3.05) is 5.32 Å². The van der Waals surface area contributed by atoms with Crippen molar-refractivity contribution in [3.05, 3.63) is 42.2 Å². The van der Waals surface area contributed by atoms with Crippen molar-refractivity contribution in [3.63, 3.8) is 0 Å². The highest BCUT2D eigenvalue weighted by atomic mass is 19.1. The minimum absolute atomic E-state index is 0.0159. The number of rotatable bonds is 2. The fourth-order valence-corrected chi connectivity index (χ4v) is 3.93. The summed E-state index contributed by atoms with van der Waals surface area (Å²) in [7, 11) is 0. The highest BCUT2D eigenvalue weighted by Gasteiger charge is 2.60. The molecule has 2 saturated carbocycles. The van der Waals surface area contributed by atoms with Gasteiger partial charge in [-0.2, -0.15) is 0 Å². The molecule has 2 aliphatic rings. The second-order valence-corrected chi connectivity index (χ2v) is 6.68. The van der Waals surface area contributed by atoms with Crippen LogP contribution < -0.4 is 5.32 Å². The Morgan fingerprint density at radius 1 is 1.35 bits per heavy atom. The van der Waals surface area contributed by atoms with Gasteiger partial charge < -0.3 is 5.32 Å². The molecule has 106 valence electrons. The number of halogens is 1. The maximum Gasteiger partial charge on any atom is 0.234 e. The van der Waals surface area contributed by atoms with Crippen molar-refractivity contribution in [2.24, 2.45) is 16.7 Å². The average molecular weight is 273 g/mol. The van der Waals surface area contributed by atoms with Crippen molar-refractivity contribution in [1.82, 2.24) is 0 Å². The van der Waals surface area contributed by atoms with Gasteiger partial charge >= 0.3 is 0 Å². The van der Waals surface area contributed by atoms with E-state index in [4.69, 9.17) is 0 Å². The Labute approximate surface area is 119 Å². The Hall–Kier alpha value is -1.64. The Morgan fingerprint density at radius 2 is 2.00 bits per heavy atom. The van der Waals surface area contributed by atoms with E-state index in [0.717, 1.165) is 24.8 Å². The normalized spacial score (nSPS) is 30.6. The minimum Gasteiger partial charge on any atom is -0.325 e. The Balaban J connectivity index is 1.84. The van der Waals surface area contributed by atoms with E-state index < -0.39 is 5.41 Å². The van der Waals surface area contributed by atoms with Crippen LogP contribution in [-0.2, 0) is 4.79 Å². The molecule has 1 aromatic carbocycles. The first-order chi connectivity index (χ1) is 9.36.